The molecule has 1 fully saturated rings. The first-order valence-electron chi connectivity index (χ1n) is 14.3. The molecule has 1 heterocycles. The summed E-state index contributed by atoms with van der Waals surface area (Å²) in [6.07, 6.45) is 2.36. The summed E-state index contributed by atoms with van der Waals surface area (Å²) in [6, 6.07) is 10.5. The maximum atomic E-state index is 13.7. The van der Waals surface area contributed by atoms with Gasteiger partial charge in [0.1, 0.15) is 12.6 Å². The Hall–Kier alpha value is -3.42. The third kappa shape index (κ3) is 10.7. The van der Waals surface area contributed by atoms with Gasteiger partial charge in [0.25, 0.3) is 0 Å². The summed E-state index contributed by atoms with van der Waals surface area (Å²) < 4.78 is 34.4. The molecule has 2 amide bonds. The van der Waals surface area contributed by atoms with Crippen LogP contribution in [-0.4, -0.2) is 87.3 Å². The number of fused-ring (bicyclic) bond motifs is 1. The Bertz CT molecular complexity index is 1370. The van der Waals surface area contributed by atoms with Gasteiger partial charge in [-0.2, -0.15) is 4.72 Å². The van der Waals surface area contributed by atoms with Crippen molar-refractivity contribution in [2.24, 2.45) is 11.7 Å². The number of esters is 1. The fourth-order valence-corrected chi connectivity index (χ4v) is 6.09. The highest BCUT2D eigenvalue weighted by molar-refractivity contribution is 7.89. The molecule has 2 aromatic rings. The smallest absolute Gasteiger partial charge is 0.325 e. The number of nitrogens with one attached hydrogen (secondary N) is 3. The van der Waals surface area contributed by atoms with Crippen LogP contribution in [0.2, 0.25) is 0 Å². The monoisotopic (exact) mass is 638 g/mol. The zero-order valence-corrected chi connectivity index (χ0v) is 26.3. The lowest BCUT2D eigenvalue weighted by atomic mass is 9.97. The van der Waals surface area contributed by atoms with Crippen molar-refractivity contribution >= 4 is 56.9 Å². The molecule has 12 nitrogen and oxygen atoms in total. The zero-order chi connectivity index (χ0) is 30.7. The van der Waals surface area contributed by atoms with Gasteiger partial charge in [0.2, 0.25) is 21.8 Å². The number of benzene rings is 2. The Morgan fingerprint density at radius 1 is 1.12 bits per heavy atom. The number of guanidine groups is 1. The summed E-state index contributed by atoms with van der Waals surface area (Å²) >= 11 is 0. The molecule has 238 valence electrons. The fourth-order valence-electron chi connectivity index (χ4n) is 4.86. The van der Waals surface area contributed by atoms with Crippen molar-refractivity contribution in [3.8, 4) is 0 Å². The van der Waals surface area contributed by atoms with Gasteiger partial charge in [-0.1, -0.05) is 43.7 Å². The highest BCUT2D eigenvalue weighted by Crippen LogP contribution is 2.20. The van der Waals surface area contributed by atoms with E-state index in [1.165, 1.54) is 17.0 Å². The van der Waals surface area contributed by atoms with Crippen LogP contribution in [-0.2, 0) is 29.1 Å². The lowest BCUT2D eigenvalue weighted by molar-refractivity contribution is -0.149. The number of hydrogen-bond acceptors (Lipinski definition) is 7. The number of nitrogens with zero attached hydrogens (tertiary/aromatic N) is 2. The second kappa shape index (κ2) is 17.0. The van der Waals surface area contributed by atoms with E-state index in [1.54, 1.807) is 30.0 Å². The van der Waals surface area contributed by atoms with E-state index in [1.807, 2.05) is 19.1 Å². The first-order chi connectivity index (χ1) is 20.0. The van der Waals surface area contributed by atoms with Crippen LogP contribution in [0, 0.1) is 11.3 Å². The van der Waals surface area contributed by atoms with Crippen LogP contribution >= 0.6 is 12.4 Å². The molecule has 0 radical (unpaired) electrons. The maximum Gasteiger partial charge on any atom is 0.325 e. The number of carbonyl (C=O) groups is 3. The molecule has 0 bridgehead atoms. The van der Waals surface area contributed by atoms with Gasteiger partial charge < -0.3 is 25.6 Å². The summed E-state index contributed by atoms with van der Waals surface area (Å²) in [5.41, 5.74) is 5.56. The van der Waals surface area contributed by atoms with Crippen molar-refractivity contribution in [2.45, 2.75) is 56.9 Å². The number of ether oxygens (including phenoxy) is 1. The van der Waals surface area contributed by atoms with Crippen LogP contribution in [0.4, 0.5) is 0 Å². The van der Waals surface area contributed by atoms with Crippen LogP contribution in [0.1, 0.15) is 46.0 Å². The topological polar surface area (TPSA) is 175 Å². The van der Waals surface area contributed by atoms with Gasteiger partial charge in [0, 0.05) is 26.2 Å². The van der Waals surface area contributed by atoms with Crippen molar-refractivity contribution < 1.29 is 27.5 Å². The number of rotatable bonds is 14. The zero-order valence-electron chi connectivity index (χ0n) is 24.7. The third-order valence-corrected chi connectivity index (χ3v) is 8.75. The minimum absolute atomic E-state index is 0. The number of piperidine rings is 1. The van der Waals surface area contributed by atoms with Gasteiger partial charge in [-0.25, -0.2) is 8.42 Å². The molecule has 0 spiro atoms. The standard InChI is InChI=1S/C29H42N6O6S.ClH/c1-3-5-14-35(20-27(37)41-4-2)28(38)25(18-26(36)32-19-21-12-15-34(16-13-21)29(30)31)33-42(39,40)24-11-10-22-8-6-7-9-23(22)17-24;/h6-11,17,21,25,33H,3-5,12-16,18-20H2,1-2H3,(H3,30,31)(H,32,36);1H/t25-;/m0./s1. The lowest BCUT2D eigenvalue weighted by Crippen LogP contribution is -2.52. The Labute approximate surface area is 259 Å². The first kappa shape index (κ1) is 35.8. The van der Waals surface area contributed by atoms with Gasteiger partial charge in [-0.3, -0.25) is 19.8 Å². The quantitative estimate of drug-likeness (QED) is 0.138. The minimum Gasteiger partial charge on any atom is -0.465 e. The van der Waals surface area contributed by atoms with Crippen LogP contribution < -0.4 is 15.8 Å². The largest absolute Gasteiger partial charge is 0.465 e. The van der Waals surface area contributed by atoms with E-state index in [2.05, 4.69) is 10.0 Å². The van der Waals surface area contributed by atoms with E-state index in [0.29, 0.717) is 31.4 Å². The van der Waals surface area contributed by atoms with Gasteiger partial charge in [0.05, 0.1) is 17.9 Å². The second-order valence-corrected chi connectivity index (χ2v) is 12.1. The van der Waals surface area contributed by atoms with Crippen molar-refractivity contribution in [2.75, 3.05) is 39.3 Å². The van der Waals surface area contributed by atoms with Gasteiger partial charge in [-0.05, 0) is 55.0 Å². The normalized spacial score (nSPS) is 14.4. The van der Waals surface area contributed by atoms with Crippen LogP contribution in [0.5, 0.6) is 0 Å². The number of unbranched alkanes of at least 4 members (excludes halogenated alkanes) is 1. The highest BCUT2D eigenvalue weighted by atomic mass is 35.5. The van der Waals surface area contributed by atoms with E-state index >= 15 is 0 Å². The number of nitrogens with two attached hydrogens (primary N) is 1. The molecular formula is C29H43ClN6O6S. The Morgan fingerprint density at radius 2 is 1.79 bits per heavy atom. The Kier molecular flexibility index (Phi) is 14.2. The minimum atomic E-state index is -4.22. The predicted octanol–water partition coefficient (Wildman–Crippen LogP) is 2.21. The maximum absolute atomic E-state index is 13.7. The molecule has 1 aliphatic heterocycles. The molecule has 0 unspecified atom stereocenters. The molecule has 1 aliphatic rings. The predicted molar refractivity (Wildman–Crippen MR) is 167 cm³/mol. The lowest BCUT2D eigenvalue weighted by Gasteiger charge is -2.32. The molecule has 5 N–H and O–H groups in total. The fraction of sp³-hybridized carbons (Fsp3) is 0.517. The molecule has 0 aromatic heterocycles. The van der Waals surface area contributed by atoms with E-state index in [4.69, 9.17) is 15.9 Å². The van der Waals surface area contributed by atoms with E-state index in [9.17, 15) is 22.8 Å². The number of sulfonamides is 1. The molecule has 14 heteroatoms. The van der Waals surface area contributed by atoms with E-state index in [0.717, 1.165) is 24.6 Å². The van der Waals surface area contributed by atoms with Gasteiger partial charge >= 0.3 is 5.97 Å². The third-order valence-electron chi connectivity index (χ3n) is 7.28. The molecule has 1 saturated heterocycles. The van der Waals surface area contributed by atoms with Gasteiger partial charge in [0.15, 0.2) is 5.96 Å². The number of amides is 2. The Morgan fingerprint density at radius 3 is 2.42 bits per heavy atom. The van der Waals surface area contributed by atoms with Crippen LogP contribution in [0.15, 0.2) is 47.4 Å². The molecule has 3 rings (SSSR count). The molecule has 0 aliphatic carbocycles. The number of hydrogen-bond donors (Lipinski definition) is 4. The van der Waals surface area contributed by atoms with Crippen molar-refractivity contribution in [3.05, 3.63) is 42.5 Å². The number of carbonyl (C=O) groups excluding carboxylic acids is 3. The average molecular weight is 639 g/mol. The summed E-state index contributed by atoms with van der Waals surface area (Å²) in [6.45, 7) is 5.17. The average Bonchev–Trinajstić information content (AvgIpc) is 2.97. The van der Waals surface area contributed by atoms with E-state index < -0.39 is 40.3 Å². The SMILES string of the molecule is CCCCN(CC(=O)OCC)C(=O)[C@H](CC(=O)NCC1CCN(C(=N)N)CC1)NS(=O)(=O)c1ccc2ccccc2c1.Cl. The van der Waals surface area contributed by atoms with Gasteiger partial charge in [-0.15, -0.1) is 12.4 Å². The molecule has 2 aromatic carbocycles. The summed E-state index contributed by atoms with van der Waals surface area (Å²) in [7, 11) is -4.22. The van der Waals surface area contributed by atoms with Crippen molar-refractivity contribution in [3.63, 3.8) is 0 Å². The summed E-state index contributed by atoms with van der Waals surface area (Å²) in [5.74, 6) is -1.59. The Balaban J connectivity index is 0.00000645. The van der Waals surface area contributed by atoms with E-state index in [-0.39, 0.29) is 48.9 Å². The number of halogens is 1. The number of likely N-dealkylation sites (tertiary alicyclic amines) is 1. The summed E-state index contributed by atoms with van der Waals surface area (Å²) in [5, 5.41) is 12.0. The molecular weight excluding hydrogens is 596 g/mol. The second-order valence-electron chi connectivity index (χ2n) is 10.4. The first-order valence-corrected chi connectivity index (χ1v) is 15.8. The summed E-state index contributed by atoms with van der Waals surface area (Å²) in [4.78, 5) is 42.0. The van der Waals surface area contributed by atoms with Crippen molar-refractivity contribution in [1.82, 2.24) is 19.8 Å². The van der Waals surface area contributed by atoms with Crippen LogP contribution in [0.3, 0.4) is 0 Å². The molecule has 0 saturated carbocycles. The molecule has 1 atom stereocenters. The van der Waals surface area contributed by atoms with Crippen molar-refractivity contribution in [1.29, 1.82) is 5.41 Å². The van der Waals surface area contributed by atoms with Crippen LogP contribution in [0.25, 0.3) is 10.8 Å². The molecule has 43 heavy (non-hydrogen) atoms. The highest BCUT2D eigenvalue weighted by Gasteiger charge is 2.32.